The van der Waals surface area contributed by atoms with E-state index in [1.165, 1.54) is 48.8 Å². The maximum atomic E-state index is 5.86. The molecule has 0 amide bonds. The number of piperidine rings is 1. The Morgan fingerprint density at radius 2 is 1.78 bits per heavy atom. The van der Waals surface area contributed by atoms with Crippen LogP contribution < -0.4 is 20.1 Å². The number of hydrogen-bond donors (Lipinski definition) is 0. The van der Waals surface area contributed by atoms with Gasteiger partial charge in [0, 0.05) is 19.0 Å². The lowest BCUT2D eigenvalue weighted by Gasteiger charge is -2.28. The second kappa shape index (κ2) is 10.1. The predicted octanol–water partition coefficient (Wildman–Crippen LogP) is 3.60. The zero-order valence-electron chi connectivity index (χ0n) is 16.6. The average Bonchev–Trinajstić information content (AvgIpc) is 2.70. The summed E-state index contributed by atoms with van der Waals surface area (Å²) < 4.78 is 16.5. The van der Waals surface area contributed by atoms with E-state index in [1.807, 2.05) is 12.1 Å². The summed E-state index contributed by atoms with van der Waals surface area (Å²) in [7, 11) is 3.83. The molecule has 1 heterocycles. The standard InChI is InChI=1S/C22H30NO3P/c1-17-9-7-10-18(15-23-13-5-4-6-14-23)22(17)27-20-12-8-11-19(25-3)21(20)26-16-24-2/h7-12,27H,4-6,13-16H2,1-3H3. The molecule has 4 nitrogen and oxygen atoms in total. The number of benzene rings is 2. The van der Waals surface area contributed by atoms with Gasteiger partial charge in [-0.1, -0.05) is 45.3 Å². The normalized spacial score (nSPS) is 15.4. The van der Waals surface area contributed by atoms with Gasteiger partial charge < -0.3 is 14.2 Å². The van der Waals surface area contributed by atoms with E-state index in [-0.39, 0.29) is 6.79 Å². The molecule has 0 spiro atoms. The second-order valence-electron chi connectivity index (χ2n) is 6.96. The molecule has 3 rings (SSSR count). The molecule has 27 heavy (non-hydrogen) atoms. The Morgan fingerprint density at radius 3 is 2.52 bits per heavy atom. The fraction of sp³-hybridized carbons (Fsp3) is 0.455. The van der Waals surface area contributed by atoms with Crippen molar-refractivity contribution in [1.82, 2.24) is 4.90 Å². The zero-order valence-corrected chi connectivity index (χ0v) is 17.6. The number of likely N-dealkylation sites (tertiary alicyclic amines) is 1. The Labute approximate surface area is 164 Å². The molecule has 0 N–H and O–H groups in total. The Hall–Kier alpha value is -1.61. The Bertz CT molecular complexity index is 744. The monoisotopic (exact) mass is 387 g/mol. The fourth-order valence-electron chi connectivity index (χ4n) is 3.57. The van der Waals surface area contributed by atoms with Gasteiger partial charge in [0.2, 0.25) is 0 Å². The van der Waals surface area contributed by atoms with Crippen LogP contribution in [0.2, 0.25) is 0 Å². The van der Waals surface area contributed by atoms with Gasteiger partial charge in [-0.25, -0.2) is 0 Å². The summed E-state index contributed by atoms with van der Waals surface area (Å²) in [4.78, 5) is 2.58. The second-order valence-corrected chi connectivity index (χ2v) is 8.25. The van der Waals surface area contributed by atoms with Crippen molar-refractivity contribution >= 4 is 19.2 Å². The molecule has 2 aromatic rings. The van der Waals surface area contributed by atoms with Gasteiger partial charge in [0.1, 0.15) is 0 Å². The molecular formula is C22H30NO3P. The van der Waals surface area contributed by atoms with Crippen molar-refractivity contribution in [2.75, 3.05) is 34.1 Å². The number of aryl methyl sites for hydroxylation is 1. The number of rotatable bonds is 8. The summed E-state index contributed by atoms with van der Waals surface area (Å²) in [5.74, 6) is 1.54. The highest BCUT2D eigenvalue weighted by Crippen LogP contribution is 2.31. The first-order valence-electron chi connectivity index (χ1n) is 9.59. The maximum absolute atomic E-state index is 5.86. The maximum Gasteiger partial charge on any atom is 0.188 e. The van der Waals surface area contributed by atoms with Crippen molar-refractivity contribution in [2.45, 2.75) is 32.7 Å². The molecule has 0 saturated carbocycles. The van der Waals surface area contributed by atoms with Gasteiger partial charge in [-0.2, -0.15) is 0 Å². The van der Waals surface area contributed by atoms with Crippen molar-refractivity contribution in [1.29, 1.82) is 0 Å². The van der Waals surface area contributed by atoms with Crippen LogP contribution in [-0.2, 0) is 11.3 Å². The smallest absolute Gasteiger partial charge is 0.188 e. The first-order chi connectivity index (χ1) is 13.2. The van der Waals surface area contributed by atoms with Crippen LogP contribution in [0.5, 0.6) is 11.5 Å². The van der Waals surface area contributed by atoms with Crippen LogP contribution in [0.4, 0.5) is 0 Å². The van der Waals surface area contributed by atoms with Crippen molar-refractivity contribution in [3.63, 3.8) is 0 Å². The van der Waals surface area contributed by atoms with Gasteiger partial charge in [-0.05, 0) is 55.4 Å². The Balaban J connectivity index is 1.88. The lowest BCUT2D eigenvalue weighted by atomic mass is 10.1. The summed E-state index contributed by atoms with van der Waals surface area (Å²) in [5, 5.41) is 2.57. The van der Waals surface area contributed by atoms with Crippen LogP contribution in [0.15, 0.2) is 36.4 Å². The molecular weight excluding hydrogens is 357 g/mol. The summed E-state index contributed by atoms with van der Waals surface area (Å²) >= 11 is 0. The van der Waals surface area contributed by atoms with Gasteiger partial charge in [-0.3, -0.25) is 4.90 Å². The highest BCUT2D eigenvalue weighted by atomic mass is 31.1. The summed E-state index contributed by atoms with van der Waals surface area (Å²) in [6, 6.07) is 12.8. The Morgan fingerprint density at radius 1 is 1.00 bits per heavy atom. The highest BCUT2D eigenvalue weighted by Gasteiger charge is 2.17. The highest BCUT2D eigenvalue weighted by molar-refractivity contribution is 7.56. The van der Waals surface area contributed by atoms with E-state index in [0.717, 1.165) is 23.3 Å². The third kappa shape index (κ3) is 5.22. The molecule has 1 unspecified atom stereocenters. The molecule has 2 aromatic carbocycles. The molecule has 5 heteroatoms. The van der Waals surface area contributed by atoms with E-state index in [9.17, 15) is 0 Å². The van der Waals surface area contributed by atoms with Crippen LogP contribution in [0.1, 0.15) is 30.4 Å². The quantitative estimate of drug-likeness (QED) is 0.512. The first kappa shape index (κ1) is 20.1. The van der Waals surface area contributed by atoms with Crippen molar-refractivity contribution in [3.8, 4) is 11.5 Å². The first-order valence-corrected chi connectivity index (χ1v) is 10.6. The summed E-state index contributed by atoms with van der Waals surface area (Å²) in [6.07, 6.45) is 3.99. The summed E-state index contributed by atoms with van der Waals surface area (Å²) in [5.41, 5.74) is 2.76. The van der Waals surface area contributed by atoms with E-state index < -0.39 is 0 Å². The van der Waals surface area contributed by atoms with Gasteiger partial charge in [0.25, 0.3) is 0 Å². The molecule has 1 fully saturated rings. The summed E-state index contributed by atoms with van der Waals surface area (Å²) in [6.45, 7) is 5.86. The van der Waals surface area contributed by atoms with E-state index in [2.05, 4.69) is 36.1 Å². The van der Waals surface area contributed by atoms with Gasteiger partial charge >= 0.3 is 0 Å². The van der Waals surface area contributed by atoms with Crippen molar-refractivity contribution < 1.29 is 14.2 Å². The molecule has 1 aliphatic rings. The molecule has 0 bridgehead atoms. The molecule has 146 valence electrons. The Kier molecular flexibility index (Phi) is 7.51. The molecule has 1 atom stereocenters. The third-order valence-electron chi connectivity index (χ3n) is 4.98. The topological polar surface area (TPSA) is 30.9 Å². The van der Waals surface area contributed by atoms with Gasteiger partial charge in [-0.15, -0.1) is 0 Å². The van der Waals surface area contributed by atoms with Crippen LogP contribution in [-0.4, -0.2) is 39.0 Å². The average molecular weight is 387 g/mol. The number of ether oxygens (including phenoxy) is 3. The van der Waals surface area contributed by atoms with Crippen LogP contribution in [0, 0.1) is 6.92 Å². The molecule has 0 radical (unpaired) electrons. The number of hydrogen-bond acceptors (Lipinski definition) is 4. The minimum atomic E-state index is 0.215. The molecule has 0 aromatic heterocycles. The zero-order chi connectivity index (χ0) is 19.1. The van der Waals surface area contributed by atoms with Crippen molar-refractivity contribution in [3.05, 3.63) is 47.5 Å². The van der Waals surface area contributed by atoms with Gasteiger partial charge in [0.15, 0.2) is 18.3 Å². The van der Waals surface area contributed by atoms with Crippen LogP contribution >= 0.6 is 8.58 Å². The van der Waals surface area contributed by atoms with E-state index >= 15 is 0 Å². The minimum Gasteiger partial charge on any atom is -0.493 e. The third-order valence-corrected chi connectivity index (χ3v) is 6.61. The SMILES string of the molecule is COCOc1c(OC)cccc1Pc1c(C)cccc1CN1CCCCC1. The van der Waals surface area contributed by atoms with E-state index in [1.54, 1.807) is 14.2 Å². The lowest BCUT2D eigenvalue weighted by molar-refractivity contribution is 0.0500. The van der Waals surface area contributed by atoms with Crippen molar-refractivity contribution in [2.24, 2.45) is 0 Å². The van der Waals surface area contributed by atoms with Crippen LogP contribution in [0.3, 0.4) is 0 Å². The molecule has 1 aliphatic heterocycles. The predicted molar refractivity (Wildman–Crippen MR) is 113 cm³/mol. The largest absolute Gasteiger partial charge is 0.493 e. The van der Waals surface area contributed by atoms with E-state index in [4.69, 9.17) is 14.2 Å². The number of para-hydroxylation sites is 1. The van der Waals surface area contributed by atoms with Crippen LogP contribution in [0.25, 0.3) is 0 Å². The van der Waals surface area contributed by atoms with E-state index in [0.29, 0.717) is 8.58 Å². The lowest BCUT2D eigenvalue weighted by Crippen LogP contribution is -2.31. The minimum absolute atomic E-state index is 0.215. The fourth-order valence-corrected chi connectivity index (χ4v) is 4.94. The molecule has 0 aliphatic carbocycles. The molecule has 1 saturated heterocycles. The number of methoxy groups -OCH3 is 2. The van der Waals surface area contributed by atoms with Gasteiger partial charge in [0.05, 0.1) is 7.11 Å². The number of nitrogens with zero attached hydrogens (tertiary/aromatic N) is 1.